The van der Waals surface area contributed by atoms with Gasteiger partial charge in [-0.25, -0.2) is 9.97 Å². The molecule has 0 radical (unpaired) electrons. The topological polar surface area (TPSA) is 99.7 Å². The first-order valence-corrected chi connectivity index (χ1v) is 10.7. The van der Waals surface area contributed by atoms with Gasteiger partial charge in [0.05, 0.1) is 23.6 Å². The van der Waals surface area contributed by atoms with E-state index in [0.29, 0.717) is 10.9 Å². The zero-order valence-corrected chi connectivity index (χ0v) is 17.9. The lowest BCUT2D eigenvalue weighted by Crippen LogP contribution is -2.18. The molecule has 0 saturated carbocycles. The Morgan fingerprint density at radius 2 is 1.79 bits per heavy atom. The molecule has 4 aromatic rings. The summed E-state index contributed by atoms with van der Waals surface area (Å²) in [6, 6.07) is 7.67. The van der Waals surface area contributed by atoms with Gasteiger partial charge in [0.2, 0.25) is 5.82 Å². The number of hydrogen-bond acceptors (Lipinski definition) is 6. The third-order valence-electron chi connectivity index (χ3n) is 5.67. The van der Waals surface area contributed by atoms with Crippen LogP contribution in [-0.4, -0.2) is 49.0 Å². The summed E-state index contributed by atoms with van der Waals surface area (Å²) in [6.07, 6.45) is 3.23. The zero-order chi connectivity index (χ0) is 23.7. The third kappa shape index (κ3) is 4.60. The van der Waals surface area contributed by atoms with Crippen molar-refractivity contribution >= 4 is 22.5 Å². The number of nitrogens with zero attached hydrogens (tertiary/aromatic N) is 5. The fourth-order valence-electron chi connectivity index (χ4n) is 4.03. The first kappa shape index (κ1) is 22.0. The lowest BCUT2D eigenvalue weighted by atomic mass is 10.0. The van der Waals surface area contributed by atoms with Crippen molar-refractivity contribution < 1.29 is 18.0 Å². The van der Waals surface area contributed by atoms with E-state index in [2.05, 4.69) is 41.4 Å². The van der Waals surface area contributed by atoms with Gasteiger partial charge in [0, 0.05) is 29.9 Å². The molecule has 34 heavy (non-hydrogen) atoms. The number of carbonyl (C=O) groups excluding carboxylic acids is 1. The second-order valence-electron chi connectivity index (χ2n) is 8.14. The Morgan fingerprint density at radius 3 is 2.53 bits per heavy atom. The molecule has 8 nitrogen and oxygen atoms in total. The van der Waals surface area contributed by atoms with Crippen molar-refractivity contribution in [1.82, 2.24) is 30.0 Å². The van der Waals surface area contributed by atoms with Crippen LogP contribution < -0.4 is 5.32 Å². The number of amides is 1. The number of carbonyl (C=O) groups is 1. The summed E-state index contributed by atoms with van der Waals surface area (Å²) in [7, 11) is 0. The van der Waals surface area contributed by atoms with Gasteiger partial charge < -0.3 is 5.32 Å². The molecule has 1 aromatic carbocycles. The molecule has 0 aliphatic carbocycles. The molecule has 11 heteroatoms. The lowest BCUT2D eigenvalue weighted by Gasteiger charge is -2.14. The monoisotopic (exact) mass is 467 g/mol. The summed E-state index contributed by atoms with van der Waals surface area (Å²) in [5, 5.41) is 9.97. The van der Waals surface area contributed by atoms with Crippen LogP contribution in [0.2, 0.25) is 0 Å². The first-order valence-electron chi connectivity index (χ1n) is 10.7. The highest BCUT2D eigenvalue weighted by Crippen LogP contribution is 2.28. The second-order valence-corrected chi connectivity index (χ2v) is 8.14. The van der Waals surface area contributed by atoms with Crippen molar-refractivity contribution in [3.63, 3.8) is 0 Å². The van der Waals surface area contributed by atoms with Crippen LogP contribution in [-0.2, 0) is 12.7 Å². The smallest absolute Gasteiger partial charge is 0.318 e. The lowest BCUT2D eigenvalue weighted by molar-refractivity contribution is -0.144. The number of nitrogens with one attached hydrogen (secondary N) is 2. The van der Waals surface area contributed by atoms with E-state index in [0.717, 1.165) is 48.7 Å². The van der Waals surface area contributed by atoms with Crippen LogP contribution in [0.15, 0.2) is 49.1 Å². The van der Waals surface area contributed by atoms with Gasteiger partial charge >= 0.3 is 6.18 Å². The molecular formula is C23H20F3N7O. The average Bonchev–Trinajstić information content (AvgIpc) is 3.48. The van der Waals surface area contributed by atoms with Crippen LogP contribution >= 0.6 is 0 Å². The molecule has 0 unspecified atom stereocenters. The van der Waals surface area contributed by atoms with Crippen LogP contribution in [0, 0.1) is 0 Å². The van der Waals surface area contributed by atoms with Gasteiger partial charge in [-0.3, -0.25) is 19.8 Å². The van der Waals surface area contributed by atoms with E-state index in [4.69, 9.17) is 0 Å². The predicted octanol–water partition coefficient (Wildman–Crippen LogP) is 4.28. The van der Waals surface area contributed by atoms with Gasteiger partial charge in [0.1, 0.15) is 0 Å². The highest BCUT2D eigenvalue weighted by molar-refractivity contribution is 6.11. The highest BCUT2D eigenvalue weighted by Gasteiger charge is 2.34. The molecule has 2 N–H and O–H groups in total. The maximum absolute atomic E-state index is 12.8. The number of fused-ring (bicyclic) bond motifs is 1. The van der Waals surface area contributed by atoms with E-state index < -0.39 is 17.9 Å². The summed E-state index contributed by atoms with van der Waals surface area (Å²) in [4.78, 5) is 26.1. The number of alkyl halides is 3. The number of rotatable bonds is 5. The number of hydrogen-bond donors (Lipinski definition) is 2. The molecular weight excluding hydrogens is 447 g/mol. The van der Waals surface area contributed by atoms with Gasteiger partial charge in [-0.2, -0.15) is 18.3 Å². The minimum Gasteiger partial charge on any atom is -0.318 e. The quantitative estimate of drug-likeness (QED) is 0.455. The SMILES string of the molecule is O=C(Nc1cnc(C(F)(F)F)nc1)c1n[nH]c2ccc(-c3cncc(CN4CCCC4)c3)cc12. The van der Waals surface area contributed by atoms with Gasteiger partial charge in [-0.05, 0) is 55.3 Å². The minimum atomic E-state index is -4.65. The number of aromatic amines is 1. The number of benzene rings is 1. The number of anilines is 1. The third-order valence-corrected chi connectivity index (χ3v) is 5.67. The number of likely N-dealkylation sites (tertiary alicyclic amines) is 1. The number of pyridine rings is 1. The summed E-state index contributed by atoms with van der Waals surface area (Å²) in [6.45, 7) is 3.03. The fourth-order valence-corrected chi connectivity index (χ4v) is 4.03. The minimum absolute atomic E-state index is 0.0316. The van der Waals surface area contributed by atoms with Crippen molar-refractivity contribution in [3.05, 3.63) is 66.1 Å². The Hall–Kier alpha value is -3.86. The largest absolute Gasteiger partial charge is 0.451 e. The molecule has 0 bridgehead atoms. The zero-order valence-electron chi connectivity index (χ0n) is 17.9. The first-order chi connectivity index (χ1) is 16.4. The predicted molar refractivity (Wildman–Crippen MR) is 119 cm³/mol. The second kappa shape index (κ2) is 8.82. The van der Waals surface area contributed by atoms with E-state index in [-0.39, 0.29) is 11.4 Å². The Labute approximate surface area is 192 Å². The van der Waals surface area contributed by atoms with Gasteiger partial charge in [0.15, 0.2) is 5.69 Å². The fraction of sp³-hybridized carbons (Fsp3) is 0.261. The Balaban J connectivity index is 1.38. The summed E-state index contributed by atoms with van der Waals surface area (Å²) >= 11 is 0. The van der Waals surface area contributed by atoms with Crippen LogP contribution in [0.1, 0.15) is 34.7 Å². The molecule has 4 heterocycles. The normalized spacial score (nSPS) is 14.6. The van der Waals surface area contributed by atoms with E-state index in [9.17, 15) is 18.0 Å². The average molecular weight is 467 g/mol. The van der Waals surface area contributed by atoms with E-state index >= 15 is 0 Å². The van der Waals surface area contributed by atoms with Crippen molar-refractivity contribution in [2.24, 2.45) is 0 Å². The summed E-state index contributed by atoms with van der Waals surface area (Å²) in [5.74, 6) is -1.87. The molecule has 174 valence electrons. The van der Waals surface area contributed by atoms with E-state index in [1.807, 2.05) is 24.4 Å². The molecule has 1 saturated heterocycles. The Kier molecular flexibility index (Phi) is 5.70. The van der Waals surface area contributed by atoms with Crippen molar-refractivity contribution in [3.8, 4) is 11.1 Å². The molecule has 1 aliphatic rings. The van der Waals surface area contributed by atoms with E-state index in [1.54, 1.807) is 6.20 Å². The molecule has 0 spiro atoms. The van der Waals surface area contributed by atoms with Crippen molar-refractivity contribution in [2.45, 2.75) is 25.6 Å². The van der Waals surface area contributed by atoms with Crippen LogP contribution in [0.3, 0.4) is 0 Å². The molecule has 1 fully saturated rings. The van der Waals surface area contributed by atoms with Gasteiger partial charge in [0.25, 0.3) is 5.91 Å². The van der Waals surface area contributed by atoms with Crippen LogP contribution in [0.25, 0.3) is 22.0 Å². The number of H-pyrrole nitrogens is 1. The Morgan fingerprint density at radius 1 is 1.03 bits per heavy atom. The van der Waals surface area contributed by atoms with Gasteiger partial charge in [-0.15, -0.1) is 0 Å². The number of halogens is 3. The van der Waals surface area contributed by atoms with Crippen LogP contribution in [0.4, 0.5) is 18.9 Å². The summed E-state index contributed by atoms with van der Waals surface area (Å²) < 4.78 is 38.0. The Bertz CT molecular complexity index is 1330. The van der Waals surface area contributed by atoms with Crippen molar-refractivity contribution in [2.75, 3.05) is 18.4 Å². The standard InChI is InChI=1S/C23H20F3N7O/c24-23(25,26)22-28-11-17(12-29-22)30-21(34)20-18-8-15(3-4-19(18)31-32-20)16-7-14(9-27-10-16)13-33-5-1-2-6-33/h3-4,7-12H,1-2,5-6,13H2,(H,30,34)(H,31,32). The van der Waals surface area contributed by atoms with Crippen molar-refractivity contribution in [1.29, 1.82) is 0 Å². The molecule has 3 aromatic heterocycles. The highest BCUT2D eigenvalue weighted by atomic mass is 19.4. The number of aromatic nitrogens is 5. The molecule has 5 rings (SSSR count). The van der Waals surface area contributed by atoms with Gasteiger partial charge in [-0.1, -0.05) is 6.07 Å². The maximum Gasteiger partial charge on any atom is 0.451 e. The molecule has 1 amide bonds. The van der Waals surface area contributed by atoms with E-state index in [1.165, 1.54) is 12.8 Å². The summed E-state index contributed by atoms with van der Waals surface area (Å²) in [5.41, 5.74) is 3.70. The maximum atomic E-state index is 12.8. The molecule has 0 atom stereocenters. The molecule has 1 aliphatic heterocycles. The van der Waals surface area contributed by atoms with Crippen LogP contribution in [0.5, 0.6) is 0 Å².